The fraction of sp³-hybridized carbons (Fsp3) is 0.333. The number of ether oxygens (including phenoxy) is 1. The number of Topliss-reactive ketones (excluding diaryl/α,β-unsaturated/α-hetero) is 1. The molecule has 124 valence electrons. The molecule has 0 saturated heterocycles. The molecule has 1 fully saturated rings. The first-order chi connectivity index (χ1) is 11.5. The molecule has 0 radical (unpaired) electrons. The van der Waals surface area contributed by atoms with Gasteiger partial charge in [0.25, 0.3) is 11.8 Å². The maximum atomic E-state index is 12.3. The third-order valence-electron chi connectivity index (χ3n) is 4.27. The van der Waals surface area contributed by atoms with Crippen LogP contribution in [0.1, 0.15) is 56.8 Å². The summed E-state index contributed by atoms with van der Waals surface area (Å²) in [5.41, 5.74) is 0.590. The van der Waals surface area contributed by atoms with Crippen LogP contribution >= 0.6 is 0 Å². The Hall–Kier alpha value is -2.76. The molecule has 0 N–H and O–H groups in total. The zero-order valence-electron chi connectivity index (χ0n) is 13.1. The number of carbonyl (C=O) groups is 4. The first kappa shape index (κ1) is 16.1. The van der Waals surface area contributed by atoms with E-state index < -0.39 is 23.9 Å². The van der Waals surface area contributed by atoms with Crippen LogP contribution in [0.4, 0.5) is 0 Å². The number of carbonyl (C=O) groups excluding carboxylic acids is 4. The molecular formula is C18H17NO5. The lowest BCUT2D eigenvalue weighted by Crippen LogP contribution is -2.30. The van der Waals surface area contributed by atoms with Crippen LogP contribution in [0.3, 0.4) is 0 Å². The Morgan fingerprint density at radius 3 is 2.67 bits per heavy atom. The predicted molar refractivity (Wildman–Crippen MR) is 84.7 cm³/mol. The van der Waals surface area contributed by atoms with Crippen molar-refractivity contribution in [2.45, 2.75) is 31.8 Å². The average molecular weight is 327 g/mol. The zero-order chi connectivity index (χ0) is 17.3. The van der Waals surface area contributed by atoms with Gasteiger partial charge in [0.05, 0.1) is 16.7 Å². The van der Waals surface area contributed by atoms with Crippen LogP contribution in [0.25, 0.3) is 0 Å². The number of rotatable bonds is 4. The molecule has 3 rings (SSSR count). The van der Waals surface area contributed by atoms with E-state index in [1.165, 1.54) is 24.3 Å². The molecule has 0 spiro atoms. The van der Waals surface area contributed by atoms with Gasteiger partial charge in [0.1, 0.15) is 0 Å². The number of hydrogen-bond donors (Lipinski definition) is 0. The van der Waals surface area contributed by atoms with Gasteiger partial charge in [-0.3, -0.25) is 19.3 Å². The Balaban J connectivity index is 1.81. The predicted octanol–water partition coefficient (Wildman–Crippen LogP) is 2.14. The molecule has 2 amide bonds. The molecular weight excluding hydrogens is 310 g/mol. The van der Waals surface area contributed by atoms with Crippen molar-refractivity contribution >= 4 is 23.6 Å². The smallest absolute Gasteiger partial charge is 0.338 e. The van der Waals surface area contributed by atoms with Crippen LogP contribution in [-0.2, 0) is 9.53 Å². The summed E-state index contributed by atoms with van der Waals surface area (Å²) in [6.45, 7) is 3.64. The number of amides is 2. The highest BCUT2D eigenvalue weighted by molar-refractivity contribution is 6.22. The highest BCUT2D eigenvalue weighted by Crippen LogP contribution is 2.25. The summed E-state index contributed by atoms with van der Waals surface area (Å²) in [5.74, 6) is -1.59. The second-order valence-corrected chi connectivity index (χ2v) is 5.88. The van der Waals surface area contributed by atoms with Gasteiger partial charge in [0.2, 0.25) is 0 Å². The van der Waals surface area contributed by atoms with Gasteiger partial charge in [0, 0.05) is 13.0 Å². The minimum atomic E-state index is -0.714. The Kier molecular flexibility index (Phi) is 4.29. The van der Waals surface area contributed by atoms with Crippen molar-refractivity contribution in [2.75, 3.05) is 6.54 Å². The summed E-state index contributed by atoms with van der Waals surface area (Å²) < 4.78 is 5.27. The van der Waals surface area contributed by atoms with E-state index >= 15 is 0 Å². The summed E-state index contributed by atoms with van der Waals surface area (Å²) >= 11 is 0. The van der Waals surface area contributed by atoms with E-state index in [-0.39, 0.29) is 29.0 Å². The minimum Gasteiger partial charge on any atom is -0.451 e. The van der Waals surface area contributed by atoms with E-state index in [0.29, 0.717) is 12.8 Å². The van der Waals surface area contributed by atoms with Gasteiger partial charge in [-0.05, 0) is 37.5 Å². The van der Waals surface area contributed by atoms with E-state index in [1.807, 2.05) is 0 Å². The van der Waals surface area contributed by atoms with Gasteiger partial charge >= 0.3 is 5.97 Å². The Labute approximate surface area is 139 Å². The first-order valence-corrected chi connectivity index (χ1v) is 7.87. The number of esters is 1. The second-order valence-electron chi connectivity index (χ2n) is 5.88. The zero-order valence-corrected chi connectivity index (χ0v) is 13.1. The lowest BCUT2D eigenvalue weighted by atomic mass is 9.96. The van der Waals surface area contributed by atoms with Crippen molar-refractivity contribution in [3.8, 4) is 0 Å². The molecule has 1 aromatic rings. The highest BCUT2D eigenvalue weighted by atomic mass is 16.5. The Bertz CT molecular complexity index is 752. The third kappa shape index (κ3) is 2.75. The van der Waals surface area contributed by atoms with E-state index in [0.717, 1.165) is 17.7 Å². The third-order valence-corrected chi connectivity index (χ3v) is 4.27. The van der Waals surface area contributed by atoms with Crippen molar-refractivity contribution in [3.05, 3.63) is 47.5 Å². The molecule has 1 atom stereocenters. The summed E-state index contributed by atoms with van der Waals surface area (Å²) in [4.78, 5) is 49.5. The fourth-order valence-corrected chi connectivity index (χ4v) is 2.99. The van der Waals surface area contributed by atoms with Crippen molar-refractivity contribution in [3.63, 3.8) is 0 Å². The molecule has 0 aromatic heterocycles. The number of ketones is 1. The van der Waals surface area contributed by atoms with Crippen molar-refractivity contribution in [1.29, 1.82) is 0 Å². The molecule has 1 saturated carbocycles. The van der Waals surface area contributed by atoms with Crippen LogP contribution in [0.15, 0.2) is 30.9 Å². The van der Waals surface area contributed by atoms with E-state index in [9.17, 15) is 19.2 Å². The normalized spacial score (nSPS) is 20.1. The van der Waals surface area contributed by atoms with Crippen LogP contribution < -0.4 is 0 Å². The maximum Gasteiger partial charge on any atom is 0.338 e. The van der Waals surface area contributed by atoms with E-state index in [2.05, 4.69) is 6.58 Å². The molecule has 6 nitrogen and oxygen atoms in total. The molecule has 1 aromatic carbocycles. The molecule has 6 heteroatoms. The largest absolute Gasteiger partial charge is 0.451 e. The van der Waals surface area contributed by atoms with Gasteiger partial charge in [-0.1, -0.05) is 6.08 Å². The van der Waals surface area contributed by atoms with Crippen LogP contribution in [0.2, 0.25) is 0 Å². The number of imide groups is 1. The first-order valence-electron chi connectivity index (χ1n) is 7.87. The van der Waals surface area contributed by atoms with Crippen molar-refractivity contribution < 1.29 is 23.9 Å². The van der Waals surface area contributed by atoms with Gasteiger partial charge in [0.15, 0.2) is 11.9 Å². The summed E-state index contributed by atoms with van der Waals surface area (Å²) in [5, 5.41) is 0. The molecule has 24 heavy (non-hydrogen) atoms. The molecule has 1 aliphatic heterocycles. The van der Waals surface area contributed by atoms with Gasteiger partial charge in [-0.2, -0.15) is 0 Å². The van der Waals surface area contributed by atoms with E-state index in [4.69, 9.17) is 4.74 Å². The summed E-state index contributed by atoms with van der Waals surface area (Å²) in [6.07, 6.45) is 3.37. The molecule has 0 bridgehead atoms. The highest BCUT2D eigenvalue weighted by Gasteiger charge is 2.35. The topological polar surface area (TPSA) is 80.8 Å². The van der Waals surface area contributed by atoms with Gasteiger partial charge in [-0.15, -0.1) is 6.58 Å². The molecule has 1 aliphatic carbocycles. The lowest BCUT2D eigenvalue weighted by molar-refractivity contribution is -0.129. The van der Waals surface area contributed by atoms with Crippen molar-refractivity contribution in [1.82, 2.24) is 4.90 Å². The molecule has 2 aliphatic rings. The Morgan fingerprint density at radius 2 is 1.96 bits per heavy atom. The van der Waals surface area contributed by atoms with Crippen LogP contribution in [0.5, 0.6) is 0 Å². The second kappa shape index (κ2) is 6.39. The monoisotopic (exact) mass is 327 g/mol. The van der Waals surface area contributed by atoms with Crippen molar-refractivity contribution in [2.24, 2.45) is 0 Å². The van der Waals surface area contributed by atoms with Crippen LogP contribution in [0, 0.1) is 0 Å². The SMILES string of the molecule is C=CCN1C(=O)c2ccc(C(=O)O[C@H]3CCCCC3=O)cc2C1=O. The van der Waals surface area contributed by atoms with Gasteiger partial charge in [-0.25, -0.2) is 4.79 Å². The van der Waals surface area contributed by atoms with E-state index in [1.54, 1.807) is 0 Å². The molecule has 1 heterocycles. The Morgan fingerprint density at radius 1 is 1.21 bits per heavy atom. The number of nitrogens with zero attached hydrogens (tertiary/aromatic N) is 1. The molecule has 0 unspecified atom stereocenters. The minimum absolute atomic E-state index is 0.0702. The van der Waals surface area contributed by atoms with Crippen LogP contribution in [-0.4, -0.2) is 41.1 Å². The number of fused-ring (bicyclic) bond motifs is 1. The number of hydrogen-bond acceptors (Lipinski definition) is 5. The quantitative estimate of drug-likeness (QED) is 0.481. The maximum absolute atomic E-state index is 12.3. The lowest BCUT2D eigenvalue weighted by Gasteiger charge is -2.20. The standard InChI is InChI=1S/C18H17NO5/c1-2-9-19-16(21)12-8-7-11(10-13(12)17(19)22)18(23)24-15-6-4-3-5-14(15)20/h2,7-8,10,15H,1,3-6,9H2/t15-/m0/s1. The summed E-state index contributed by atoms with van der Waals surface area (Å²) in [7, 11) is 0. The fourth-order valence-electron chi connectivity index (χ4n) is 2.99. The van der Waals surface area contributed by atoms with Gasteiger partial charge < -0.3 is 4.74 Å². The number of benzene rings is 1. The average Bonchev–Trinajstić information content (AvgIpc) is 2.82. The summed E-state index contributed by atoms with van der Waals surface area (Å²) in [6, 6.07) is 4.24.